The topological polar surface area (TPSA) is 50.7 Å². The number of benzene rings is 1. The summed E-state index contributed by atoms with van der Waals surface area (Å²) in [4.78, 5) is 11.7. The van der Waals surface area contributed by atoms with Crippen LogP contribution in [0.2, 0.25) is 10.0 Å². The van der Waals surface area contributed by atoms with Crippen molar-refractivity contribution in [3.8, 4) is 5.75 Å². The fraction of sp³-hybridized carbons (Fsp3) is 0.385. The maximum absolute atomic E-state index is 11.7. The van der Waals surface area contributed by atoms with Crippen LogP contribution in [0.4, 0.5) is 0 Å². The van der Waals surface area contributed by atoms with Crippen LogP contribution in [0.3, 0.4) is 0 Å². The second-order valence-electron chi connectivity index (χ2n) is 4.01. The molecule has 0 fully saturated rings. The average Bonchev–Trinajstić information content (AvgIpc) is 2.38. The first-order valence-electron chi connectivity index (χ1n) is 5.88. The molecule has 1 unspecified atom stereocenters. The molecule has 0 saturated heterocycles. The van der Waals surface area contributed by atoms with Gasteiger partial charge in [-0.3, -0.25) is 4.79 Å². The van der Waals surface area contributed by atoms with Crippen LogP contribution in [0.1, 0.15) is 27.2 Å². The van der Waals surface area contributed by atoms with Gasteiger partial charge in [0.1, 0.15) is 5.75 Å². The summed E-state index contributed by atoms with van der Waals surface area (Å²) >= 11 is 11.7. The van der Waals surface area contributed by atoms with E-state index in [0.717, 1.165) is 12.1 Å². The van der Waals surface area contributed by atoms with Crippen LogP contribution in [-0.2, 0) is 4.79 Å². The highest BCUT2D eigenvalue weighted by molar-refractivity contribution is 6.35. The van der Waals surface area contributed by atoms with Crippen molar-refractivity contribution in [1.82, 2.24) is 5.43 Å². The van der Waals surface area contributed by atoms with Gasteiger partial charge >= 0.3 is 0 Å². The number of amides is 1. The highest BCUT2D eigenvalue weighted by atomic mass is 35.5. The lowest BCUT2D eigenvalue weighted by Crippen LogP contribution is -2.33. The van der Waals surface area contributed by atoms with Crippen molar-refractivity contribution >= 4 is 34.8 Å². The first-order chi connectivity index (χ1) is 8.93. The number of hydrazone groups is 1. The van der Waals surface area contributed by atoms with Crippen molar-refractivity contribution < 1.29 is 9.53 Å². The summed E-state index contributed by atoms with van der Waals surface area (Å²) in [5.74, 6) is 0.0729. The lowest BCUT2D eigenvalue weighted by Gasteiger charge is -2.14. The average molecular weight is 303 g/mol. The van der Waals surface area contributed by atoms with E-state index in [4.69, 9.17) is 27.9 Å². The Kier molecular flexibility index (Phi) is 6.12. The van der Waals surface area contributed by atoms with Gasteiger partial charge in [-0.25, -0.2) is 5.43 Å². The summed E-state index contributed by atoms with van der Waals surface area (Å²) in [5.41, 5.74) is 3.28. The summed E-state index contributed by atoms with van der Waals surface area (Å²) in [6, 6.07) is 4.82. The zero-order valence-electron chi connectivity index (χ0n) is 11.0. The summed E-state index contributed by atoms with van der Waals surface area (Å²) in [5, 5.41) is 4.80. The predicted octanol–water partition coefficient (Wildman–Crippen LogP) is 3.66. The van der Waals surface area contributed by atoms with Gasteiger partial charge in [0.2, 0.25) is 0 Å². The van der Waals surface area contributed by atoms with E-state index >= 15 is 0 Å². The number of rotatable bonds is 5. The molecular formula is C13H16Cl2N2O2. The Morgan fingerprint density at radius 3 is 2.74 bits per heavy atom. The number of carbonyl (C=O) groups excluding carboxylic acids is 1. The van der Waals surface area contributed by atoms with Crippen LogP contribution >= 0.6 is 23.2 Å². The standard InChI is InChI=1S/C13H16Cl2N2O2/c1-4-8(2)16-17-13(18)9(3)19-12-6-5-10(14)7-11(12)15/h5-7,9H,4H2,1-3H3,(H,17,18)/b16-8+. The molecule has 1 N–H and O–H groups in total. The molecule has 0 bridgehead atoms. The number of hydrogen-bond donors (Lipinski definition) is 1. The van der Waals surface area contributed by atoms with Crippen LogP contribution in [0.25, 0.3) is 0 Å². The molecule has 0 aromatic heterocycles. The third-order valence-corrected chi connectivity index (χ3v) is 2.97. The van der Waals surface area contributed by atoms with Crippen molar-refractivity contribution in [3.05, 3.63) is 28.2 Å². The van der Waals surface area contributed by atoms with E-state index in [1.807, 2.05) is 13.8 Å². The molecule has 1 rings (SSSR count). The maximum atomic E-state index is 11.7. The molecule has 0 spiro atoms. The van der Waals surface area contributed by atoms with Gasteiger partial charge in [0.05, 0.1) is 5.02 Å². The van der Waals surface area contributed by atoms with Crippen LogP contribution < -0.4 is 10.2 Å². The molecule has 4 nitrogen and oxygen atoms in total. The van der Waals surface area contributed by atoms with E-state index in [1.54, 1.807) is 25.1 Å². The van der Waals surface area contributed by atoms with Gasteiger partial charge in [0.15, 0.2) is 6.10 Å². The minimum Gasteiger partial charge on any atom is -0.479 e. The van der Waals surface area contributed by atoms with E-state index in [9.17, 15) is 4.79 Å². The van der Waals surface area contributed by atoms with Crippen LogP contribution in [0.15, 0.2) is 23.3 Å². The fourth-order valence-electron chi connectivity index (χ4n) is 1.14. The highest BCUT2D eigenvalue weighted by Gasteiger charge is 2.15. The Bertz CT molecular complexity index is 490. The van der Waals surface area contributed by atoms with E-state index in [1.165, 1.54) is 0 Å². The summed E-state index contributed by atoms with van der Waals surface area (Å²) < 4.78 is 5.46. The Labute approximate surface area is 122 Å². The summed E-state index contributed by atoms with van der Waals surface area (Å²) in [7, 11) is 0. The Morgan fingerprint density at radius 2 is 2.16 bits per heavy atom. The van der Waals surface area contributed by atoms with E-state index in [2.05, 4.69) is 10.5 Å². The number of carbonyl (C=O) groups is 1. The molecule has 0 heterocycles. The van der Waals surface area contributed by atoms with Crippen molar-refractivity contribution in [2.24, 2.45) is 5.10 Å². The van der Waals surface area contributed by atoms with Crippen molar-refractivity contribution in [2.75, 3.05) is 0 Å². The molecule has 0 radical (unpaired) electrons. The molecule has 1 aromatic carbocycles. The molecule has 1 aromatic rings. The second kappa shape index (κ2) is 7.36. The van der Waals surface area contributed by atoms with Gasteiger partial charge < -0.3 is 4.74 Å². The lowest BCUT2D eigenvalue weighted by atomic mass is 10.3. The van der Waals surface area contributed by atoms with E-state index < -0.39 is 6.10 Å². The molecule has 1 amide bonds. The number of ether oxygens (including phenoxy) is 1. The van der Waals surface area contributed by atoms with E-state index in [-0.39, 0.29) is 5.91 Å². The molecule has 104 valence electrons. The minimum atomic E-state index is -0.702. The molecule has 6 heteroatoms. The third-order valence-electron chi connectivity index (χ3n) is 2.44. The highest BCUT2D eigenvalue weighted by Crippen LogP contribution is 2.28. The smallest absolute Gasteiger partial charge is 0.280 e. The van der Waals surface area contributed by atoms with Gasteiger partial charge in [-0.1, -0.05) is 30.1 Å². The van der Waals surface area contributed by atoms with Crippen LogP contribution in [0.5, 0.6) is 5.75 Å². The van der Waals surface area contributed by atoms with Gasteiger partial charge in [0.25, 0.3) is 5.91 Å². The van der Waals surface area contributed by atoms with Gasteiger partial charge in [-0.2, -0.15) is 5.10 Å². The van der Waals surface area contributed by atoms with Gasteiger partial charge in [-0.15, -0.1) is 0 Å². The maximum Gasteiger partial charge on any atom is 0.280 e. The van der Waals surface area contributed by atoms with Crippen molar-refractivity contribution in [3.63, 3.8) is 0 Å². The van der Waals surface area contributed by atoms with Crippen molar-refractivity contribution in [1.29, 1.82) is 0 Å². The summed E-state index contributed by atoms with van der Waals surface area (Å²) in [6.07, 6.45) is 0.0745. The van der Waals surface area contributed by atoms with Gasteiger partial charge in [0, 0.05) is 10.7 Å². The minimum absolute atomic E-state index is 0.334. The monoisotopic (exact) mass is 302 g/mol. The second-order valence-corrected chi connectivity index (χ2v) is 4.86. The molecular weight excluding hydrogens is 287 g/mol. The van der Waals surface area contributed by atoms with Crippen molar-refractivity contribution in [2.45, 2.75) is 33.3 Å². The number of nitrogens with one attached hydrogen (secondary N) is 1. The Hall–Kier alpha value is -1.26. The number of nitrogens with zero attached hydrogens (tertiary/aromatic N) is 1. The van der Waals surface area contributed by atoms with Crippen LogP contribution in [-0.4, -0.2) is 17.7 Å². The Balaban J connectivity index is 2.63. The largest absolute Gasteiger partial charge is 0.479 e. The number of hydrogen-bond acceptors (Lipinski definition) is 3. The normalized spacial score (nSPS) is 13.0. The molecule has 19 heavy (non-hydrogen) atoms. The predicted molar refractivity (Wildman–Crippen MR) is 78.1 cm³/mol. The summed E-state index contributed by atoms with van der Waals surface area (Å²) in [6.45, 7) is 5.41. The first kappa shape index (κ1) is 15.8. The molecule has 0 saturated carbocycles. The Morgan fingerprint density at radius 1 is 1.47 bits per heavy atom. The first-order valence-corrected chi connectivity index (χ1v) is 6.64. The molecule has 1 atom stereocenters. The zero-order valence-corrected chi connectivity index (χ0v) is 12.5. The van der Waals surface area contributed by atoms with Gasteiger partial charge in [-0.05, 0) is 38.5 Å². The SMILES string of the molecule is CC/C(C)=N/NC(=O)C(C)Oc1ccc(Cl)cc1Cl. The van der Waals surface area contributed by atoms with E-state index in [0.29, 0.717) is 15.8 Å². The quantitative estimate of drug-likeness (QED) is 0.666. The fourth-order valence-corrected chi connectivity index (χ4v) is 1.59. The number of halogens is 2. The van der Waals surface area contributed by atoms with Crippen LogP contribution in [0, 0.1) is 0 Å². The zero-order chi connectivity index (χ0) is 14.4. The third kappa shape index (κ3) is 5.09. The molecule has 0 aliphatic carbocycles. The lowest BCUT2D eigenvalue weighted by molar-refractivity contribution is -0.127. The molecule has 0 aliphatic rings. The molecule has 0 aliphatic heterocycles.